The Labute approximate surface area is 94.1 Å². The number of rotatable bonds is 3. The number of nitrogens with zero attached hydrogens (tertiary/aromatic N) is 2. The molecule has 1 aromatic heterocycles. The van der Waals surface area contributed by atoms with Crippen LogP contribution < -0.4 is 0 Å². The summed E-state index contributed by atoms with van der Waals surface area (Å²) in [6.07, 6.45) is 2.80. The third-order valence-electron chi connectivity index (χ3n) is 2.39. The van der Waals surface area contributed by atoms with Gasteiger partial charge in [-0.2, -0.15) is 0 Å². The number of fused-ring (bicyclic) bond motifs is 1. The summed E-state index contributed by atoms with van der Waals surface area (Å²) in [6.45, 7) is 4.42. The lowest BCUT2D eigenvalue weighted by molar-refractivity contribution is 0.901. The molecular formula is C12H14N2S. The van der Waals surface area contributed by atoms with Gasteiger partial charge in [-0.1, -0.05) is 32.0 Å². The van der Waals surface area contributed by atoms with E-state index in [1.807, 2.05) is 30.0 Å². The van der Waals surface area contributed by atoms with Gasteiger partial charge in [0.25, 0.3) is 0 Å². The van der Waals surface area contributed by atoms with Gasteiger partial charge < -0.3 is 0 Å². The SMILES string of the molecule is CC[C@H](C)Sc1ncnc2ccccc12. The van der Waals surface area contributed by atoms with Gasteiger partial charge in [-0.15, -0.1) is 11.8 Å². The highest BCUT2D eigenvalue weighted by Crippen LogP contribution is 2.28. The molecule has 0 saturated heterocycles. The van der Waals surface area contributed by atoms with Crippen LogP contribution in [0, 0.1) is 0 Å². The zero-order chi connectivity index (χ0) is 10.7. The molecule has 0 aliphatic heterocycles. The Bertz CT molecular complexity index is 451. The van der Waals surface area contributed by atoms with Gasteiger partial charge in [0.15, 0.2) is 0 Å². The van der Waals surface area contributed by atoms with E-state index in [9.17, 15) is 0 Å². The molecule has 0 saturated carbocycles. The van der Waals surface area contributed by atoms with Crippen molar-refractivity contribution in [2.75, 3.05) is 0 Å². The molecule has 0 spiro atoms. The average molecular weight is 218 g/mol. The Hall–Kier alpha value is -1.09. The Morgan fingerprint density at radius 3 is 2.87 bits per heavy atom. The largest absolute Gasteiger partial charge is 0.236 e. The lowest BCUT2D eigenvalue weighted by Gasteiger charge is -2.08. The second-order valence-corrected chi connectivity index (χ2v) is 4.96. The summed E-state index contributed by atoms with van der Waals surface area (Å²) in [5, 5.41) is 2.85. The van der Waals surface area contributed by atoms with Gasteiger partial charge in [-0.25, -0.2) is 9.97 Å². The maximum Gasteiger partial charge on any atom is 0.117 e. The van der Waals surface area contributed by atoms with Gasteiger partial charge in [0.05, 0.1) is 5.52 Å². The smallest absolute Gasteiger partial charge is 0.117 e. The lowest BCUT2D eigenvalue weighted by Crippen LogP contribution is -1.95. The summed E-state index contributed by atoms with van der Waals surface area (Å²) in [5.41, 5.74) is 1.03. The first-order valence-electron chi connectivity index (χ1n) is 5.17. The third kappa shape index (κ3) is 2.29. The Balaban J connectivity index is 2.42. The normalized spacial score (nSPS) is 12.9. The monoisotopic (exact) mass is 218 g/mol. The minimum atomic E-state index is 0.600. The van der Waals surface area contributed by atoms with Gasteiger partial charge in [0.2, 0.25) is 0 Å². The van der Waals surface area contributed by atoms with Crippen LogP contribution in [-0.2, 0) is 0 Å². The molecule has 0 unspecified atom stereocenters. The maximum atomic E-state index is 4.35. The Morgan fingerprint density at radius 1 is 1.27 bits per heavy atom. The van der Waals surface area contributed by atoms with Gasteiger partial charge in [0.1, 0.15) is 11.4 Å². The van der Waals surface area contributed by atoms with E-state index in [0.29, 0.717) is 5.25 Å². The quantitative estimate of drug-likeness (QED) is 0.582. The van der Waals surface area contributed by atoms with Crippen molar-refractivity contribution in [2.45, 2.75) is 30.5 Å². The Kier molecular flexibility index (Phi) is 3.21. The third-order valence-corrected chi connectivity index (χ3v) is 3.68. The van der Waals surface area contributed by atoms with Crippen molar-refractivity contribution in [3.63, 3.8) is 0 Å². The number of para-hydroxylation sites is 1. The number of benzene rings is 1. The van der Waals surface area contributed by atoms with Crippen LogP contribution in [0.15, 0.2) is 35.6 Å². The molecule has 0 amide bonds. The molecule has 0 radical (unpaired) electrons. The summed E-state index contributed by atoms with van der Waals surface area (Å²) < 4.78 is 0. The molecule has 78 valence electrons. The number of thioether (sulfide) groups is 1. The van der Waals surface area contributed by atoms with E-state index in [0.717, 1.165) is 22.3 Å². The maximum absolute atomic E-state index is 4.35. The van der Waals surface area contributed by atoms with Crippen LogP contribution in [0.1, 0.15) is 20.3 Å². The van der Waals surface area contributed by atoms with Crippen molar-refractivity contribution >= 4 is 22.7 Å². The van der Waals surface area contributed by atoms with Gasteiger partial charge in [-0.3, -0.25) is 0 Å². The van der Waals surface area contributed by atoms with E-state index in [1.165, 1.54) is 0 Å². The fourth-order valence-electron chi connectivity index (χ4n) is 1.35. The van der Waals surface area contributed by atoms with Crippen molar-refractivity contribution in [3.8, 4) is 0 Å². The molecule has 0 bridgehead atoms. The summed E-state index contributed by atoms with van der Waals surface area (Å²) in [4.78, 5) is 8.60. The molecular weight excluding hydrogens is 204 g/mol. The molecule has 15 heavy (non-hydrogen) atoms. The van der Waals surface area contributed by atoms with Crippen molar-refractivity contribution in [1.82, 2.24) is 9.97 Å². The molecule has 2 rings (SSSR count). The van der Waals surface area contributed by atoms with E-state index in [4.69, 9.17) is 0 Å². The summed E-state index contributed by atoms with van der Waals surface area (Å²) in [7, 11) is 0. The topological polar surface area (TPSA) is 25.8 Å². The average Bonchev–Trinajstić information content (AvgIpc) is 2.29. The number of hydrogen-bond donors (Lipinski definition) is 0. The highest BCUT2D eigenvalue weighted by Gasteiger charge is 2.07. The van der Waals surface area contributed by atoms with Crippen LogP contribution >= 0.6 is 11.8 Å². The van der Waals surface area contributed by atoms with Gasteiger partial charge >= 0.3 is 0 Å². The van der Waals surface area contributed by atoms with E-state index in [2.05, 4.69) is 29.9 Å². The highest BCUT2D eigenvalue weighted by molar-refractivity contribution is 8.00. The van der Waals surface area contributed by atoms with Crippen LogP contribution in [0.2, 0.25) is 0 Å². The first kappa shape index (κ1) is 10.4. The molecule has 0 N–H and O–H groups in total. The predicted molar refractivity (Wildman–Crippen MR) is 65.1 cm³/mol. The zero-order valence-corrected chi connectivity index (χ0v) is 9.79. The summed E-state index contributed by atoms with van der Waals surface area (Å²) >= 11 is 1.82. The molecule has 2 aromatic rings. The first-order chi connectivity index (χ1) is 7.31. The lowest BCUT2D eigenvalue weighted by atomic mass is 10.2. The highest BCUT2D eigenvalue weighted by atomic mass is 32.2. The van der Waals surface area contributed by atoms with Crippen molar-refractivity contribution in [1.29, 1.82) is 0 Å². The molecule has 0 fully saturated rings. The van der Waals surface area contributed by atoms with Crippen LogP contribution in [-0.4, -0.2) is 15.2 Å². The molecule has 1 heterocycles. The second-order valence-electron chi connectivity index (χ2n) is 3.53. The summed E-state index contributed by atoms with van der Waals surface area (Å²) in [6, 6.07) is 8.15. The molecule has 0 aliphatic carbocycles. The minimum absolute atomic E-state index is 0.600. The molecule has 1 atom stereocenters. The van der Waals surface area contributed by atoms with Crippen molar-refractivity contribution in [3.05, 3.63) is 30.6 Å². The van der Waals surface area contributed by atoms with E-state index in [1.54, 1.807) is 6.33 Å². The molecule has 1 aromatic carbocycles. The summed E-state index contributed by atoms with van der Waals surface area (Å²) in [5.74, 6) is 0. The number of aromatic nitrogens is 2. The predicted octanol–water partition coefficient (Wildman–Crippen LogP) is 3.52. The van der Waals surface area contributed by atoms with Crippen LogP contribution in [0.25, 0.3) is 10.9 Å². The zero-order valence-electron chi connectivity index (χ0n) is 8.97. The Morgan fingerprint density at radius 2 is 2.07 bits per heavy atom. The van der Waals surface area contributed by atoms with Crippen LogP contribution in [0.4, 0.5) is 0 Å². The molecule has 3 heteroatoms. The van der Waals surface area contributed by atoms with Crippen LogP contribution in [0.5, 0.6) is 0 Å². The van der Waals surface area contributed by atoms with Gasteiger partial charge in [0, 0.05) is 10.6 Å². The first-order valence-corrected chi connectivity index (χ1v) is 6.05. The minimum Gasteiger partial charge on any atom is -0.236 e. The van der Waals surface area contributed by atoms with Crippen LogP contribution in [0.3, 0.4) is 0 Å². The van der Waals surface area contributed by atoms with E-state index < -0.39 is 0 Å². The van der Waals surface area contributed by atoms with Crippen molar-refractivity contribution in [2.24, 2.45) is 0 Å². The van der Waals surface area contributed by atoms with Gasteiger partial charge in [-0.05, 0) is 12.5 Å². The fourth-order valence-corrected chi connectivity index (χ4v) is 2.30. The van der Waals surface area contributed by atoms with E-state index >= 15 is 0 Å². The number of hydrogen-bond acceptors (Lipinski definition) is 3. The van der Waals surface area contributed by atoms with Crippen molar-refractivity contribution < 1.29 is 0 Å². The van der Waals surface area contributed by atoms with E-state index in [-0.39, 0.29) is 0 Å². The molecule has 0 aliphatic rings. The molecule has 2 nitrogen and oxygen atoms in total. The standard InChI is InChI=1S/C12H14N2S/c1-3-9(2)15-12-10-6-4-5-7-11(10)13-8-14-12/h4-9H,3H2,1-2H3/t9-/m0/s1. The second kappa shape index (κ2) is 4.62. The fraction of sp³-hybridized carbons (Fsp3) is 0.333.